The number of anilines is 1. The van der Waals surface area contributed by atoms with Crippen molar-refractivity contribution in [3.05, 3.63) is 59.3 Å². The van der Waals surface area contributed by atoms with Gasteiger partial charge in [0.15, 0.2) is 0 Å². The van der Waals surface area contributed by atoms with Crippen LogP contribution >= 0.6 is 0 Å². The molecule has 0 radical (unpaired) electrons. The van der Waals surface area contributed by atoms with Gasteiger partial charge in [0.1, 0.15) is 12.4 Å². The van der Waals surface area contributed by atoms with E-state index in [-0.39, 0.29) is 6.09 Å². The lowest BCUT2D eigenvalue weighted by atomic mass is 10.2. The molecule has 1 saturated heterocycles. The molecule has 0 aliphatic carbocycles. The van der Waals surface area contributed by atoms with Crippen LogP contribution in [0.3, 0.4) is 0 Å². The summed E-state index contributed by atoms with van der Waals surface area (Å²) < 4.78 is 5.46. The SMILES string of the molecule is Cc1cnc2c(c1)CCN2[C@H]1CCN(C(=O)OCc2ccccc2)C1. The molecule has 25 heavy (non-hydrogen) atoms. The smallest absolute Gasteiger partial charge is 0.410 e. The summed E-state index contributed by atoms with van der Waals surface area (Å²) >= 11 is 0. The number of likely N-dealkylation sites (tertiary alicyclic amines) is 1. The van der Waals surface area contributed by atoms with Gasteiger partial charge in [0, 0.05) is 31.9 Å². The number of ether oxygens (including phenoxy) is 1. The van der Waals surface area contributed by atoms with E-state index in [0.29, 0.717) is 19.2 Å². The van der Waals surface area contributed by atoms with Gasteiger partial charge in [0.05, 0.1) is 0 Å². The first-order valence-electron chi connectivity index (χ1n) is 8.88. The number of amides is 1. The van der Waals surface area contributed by atoms with Gasteiger partial charge in [0.2, 0.25) is 0 Å². The zero-order valence-electron chi connectivity index (χ0n) is 14.5. The van der Waals surface area contributed by atoms with Crippen molar-refractivity contribution < 1.29 is 9.53 Å². The molecule has 1 aromatic carbocycles. The summed E-state index contributed by atoms with van der Waals surface area (Å²) in [6, 6.07) is 12.4. The number of hydrogen-bond acceptors (Lipinski definition) is 4. The third-order valence-electron chi connectivity index (χ3n) is 5.04. The van der Waals surface area contributed by atoms with Crippen LogP contribution in [0.25, 0.3) is 0 Å². The number of fused-ring (bicyclic) bond motifs is 1. The van der Waals surface area contributed by atoms with Crippen LogP contribution < -0.4 is 4.90 Å². The molecular weight excluding hydrogens is 314 g/mol. The number of hydrogen-bond donors (Lipinski definition) is 0. The second kappa shape index (κ2) is 6.75. The minimum atomic E-state index is -0.220. The second-order valence-electron chi connectivity index (χ2n) is 6.87. The number of pyridine rings is 1. The molecule has 1 amide bonds. The Morgan fingerprint density at radius 1 is 1.28 bits per heavy atom. The molecule has 4 rings (SSSR count). The Labute approximate surface area is 148 Å². The first-order valence-corrected chi connectivity index (χ1v) is 8.88. The summed E-state index contributed by atoms with van der Waals surface area (Å²) in [4.78, 5) is 21.1. The fourth-order valence-electron chi connectivity index (χ4n) is 3.74. The summed E-state index contributed by atoms with van der Waals surface area (Å²) in [6.45, 7) is 4.85. The van der Waals surface area contributed by atoms with Gasteiger partial charge in [-0.1, -0.05) is 36.4 Å². The highest BCUT2D eigenvalue weighted by Gasteiger charge is 2.34. The number of nitrogens with zero attached hydrogens (tertiary/aromatic N) is 3. The Balaban J connectivity index is 1.35. The van der Waals surface area contributed by atoms with Crippen LogP contribution in [0.15, 0.2) is 42.6 Å². The van der Waals surface area contributed by atoms with Crippen LogP contribution in [0.1, 0.15) is 23.1 Å². The lowest BCUT2D eigenvalue weighted by molar-refractivity contribution is 0.104. The van der Waals surface area contributed by atoms with Gasteiger partial charge < -0.3 is 14.5 Å². The van der Waals surface area contributed by atoms with E-state index in [2.05, 4.69) is 22.9 Å². The molecule has 1 atom stereocenters. The number of aryl methyl sites for hydroxylation is 1. The maximum Gasteiger partial charge on any atom is 0.410 e. The Hall–Kier alpha value is -2.56. The van der Waals surface area contributed by atoms with Gasteiger partial charge in [-0.2, -0.15) is 0 Å². The molecule has 3 heterocycles. The van der Waals surface area contributed by atoms with Gasteiger partial charge in [-0.25, -0.2) is 9.78 Å². The fourth-order valence-corrected chi connectivity index (χ4v) is 3.74. The maximum atomic E-state index is 12.3. The van der Waals surface area contributed by atoms with E-state index in [0.717, 1.165) is 37.3 Å². The van der Waals surface area contributed by atoms with Gasteiger partial charge >= 0.3 is 6.09 Å². The van der Waals surface area contributed by atoms with E-state index in [1.54, 1.807) is 0 Å². The monoisotopic (exact) mass is 337 g/mol. The highest BCUT2D eigenvalue weighted by atomic mass is 16.6. The van der Waals surface area contributed by atoms with Crippen molar-refractivity contribution in [1.29, 1.82) is 0 Å². The molecule has 5 heteroatoms. The average molecular weight is 337 g/mol. The quantitative estimate of drug-likeness (QED) is 0.863. The molecule has 0 bridgehead atoms. The average Bonchev–Trinajstić information content (AvgIpc) is 3.27. The minimum absolute atomic E-state index is 0.220. The standard InChI is InChI=1S/C20H23N3O2/c1-15-11-17-7-10-23(19(17)21-12-15)18-8-9-22(13-18)20(24)25-14-16-5-3-2-4-6-16/h2-6,11-12,18H,7-10,13-14H2,1H3/t18-/m0/s1. The molecule has 130 valence electrons. The van der Waals surface area contributed by atoms with Crippen molar-refractivity contribution >= 4 is 11.9 Å². The summed E-state index contributed by atoms with van der Waals surface area (Å²) in [7, 11) is 0. The van der Waals surface area contributed by atoms with Gasteiger partial charge in [-0.15, -0.1) is 0 Å². The second-order valence-corrected chi connectivity index (χ2v) is 6.87. The molecule has 2 aromatic rings. The van der Waals surface area contributed by atoms with Crippen LogP contribution in [-0.4, -0.2) is 41.7 Å². The number of aromatic nitrogens is 1. The molecule has 1 fully saturated rings. The van der Waals surface area contributed by atoms with Crippen LogP contribution in [0.2, 0.25) is 0 Å². The van der Waals surface area contributed by atoms with Crippen LogP contribution in [0.5, 0.6) is 0 Å². The fraction of sp³-hybridized carbons (Fsp3) is 0.400. The first kappa shape index (κ1) is 15.9. The topological polar surface area (TPSA) is 45.7 Å². The third-order valence-corrected chi connectivity index (χ3v) is 5.04. The maximum absolute atomic E-state index is 12.3. The molecule has 0 N–H and O–H groups in total. The lowest BCUT2D eigenvalue weighted by Gasteiger charge is -2.26. The van der Waals surface area contributed by atoms with E-state index >= 15 is 0 Å². The Bertz CT molecular complexity index is 763. The van der Waals surface area contributed by atoms with Crippen molar-refractivity contribution in [3.63, 3.8) is 0 Å². The van der Waals surface area contributed by atoms with Crippen molar-refractivity contribution in [2.75, 3.05) is 24.5 Å². The van der Waals surface area contributed by atoms with Crippen LogP contribution in [0, 0.1) is 6.92 Å². The van der Waals surface area contributed by atoms with E-state index in [4.69, 9.17) is 4.74 Å². The first-order chi connectivity index (χ1) is 12.2. The van der Waals surface area contributed by atoms with Crippen molar-refractivity contribution in [2.24, 2.45) is 0 Å². The Morgan fingerprint density at radius 3 is 2.96 bits per heavy atom. The predicted molar refractivity (Wildman–Crippen MR) is 96.6 cm³/mol. The van der Waals surface area contributed by atoms with Crippen molar-refractivity contribution in [3.8, 4) is 0 Å². The number of carbonyl (C=O) groups excluding carboxylic acids is 1. The van der Waals surface area contributed by atoms with Crippen LogP contribution in [-0.2, 0) is 17.8 Å². The van der Waals surface area contributed by atoms with Crippen LogP contribution in [0.4, 0.5) is 10.6 Å². The highest BCUT2D eigenvalue weighted by Crippen LogP contribution is 2.31. The molecule has 0 spiro atoms. The molecular formula is C20H23N3O2. The molecule has 2 aliphatic heterocycles. The van der Waals surface area contributed by atoms with E-state index < -0.39 is 0 Å². The zero-order chi connectivity index (χ0) is 17.2. The highest BCUT2D eigenvalue weighted by molar-refractivity contribution is 5.68. The number of benzene rings is 1. The summed E-state index contributed by atoms with van der Waals surface area (Å²) in [5, 5.41) is 0. The number of rotatable bonds is 3. The minimum Gasteiger partial charge on any atom is -0.445 e. The zero-order valence-corrected chi connectivity index (χ0v) is 14.5. The predicted octanol–water partition coefficient (Wildman–Crippen LogP) is 3.16. The van der Waals surface area contributed by atoms with Crippen molar-refractivity contribution in [2.45, 2.75) is 32.4 Å². The van der Waals surface area contributed by atoms with E-state index in [1.807, 2.05) is 41.4 Å². The summed E-state index contributed by atoms with van der Waals surface area (Å²) in [5.41, 5.74) is 3.54. The normalized spacial score (nSPS) is 19.2. The van der Waals surface area contributed by atoms with Gasteiger partial charge in [0.25, 0.3) is 0 Å². The van der Waals surface area contributed by atoms with E-state index in [1.165, 1.54) is 11.1 Å². The van der Waals surface area contributed by atoms with Crippen molar-refractivity contribution in [1.82, 2.24) is 9.88 Å². The number of carbonyl (C=O) groups is 1. The Kier molecular flexibility index (Phi) is 4.30. The third kappa shape index (κ3) is 3.31. The summed E-state index contributed by atoms with van der Waals surface area (Å²) in [5.74, 6) is 1.09. The molecule has 2 aliphatic rings. The molecule has 0 unspecified atom stereocenters. The van der Waals surface area contributed by atoms with Gasteiger partial charge in [-0.05, 0) is 36.5 Å². The Morgan fingerprint density at radius 2 is 2.12 bits per heavy atom. The lowest BCUT2D eigenvalue weighted by Crippen LogP contribution is -2.38. The summed E-state index contributed by atoms with van der Waals surface area (Å²) in [6.07, 6.45) is 3.72. The largest absolute Gasteiger partial charge is 0.445 e. The molecule has 1 aromatic heterocycles. The van der Waals surface area contributed by atoms with Gasteiger partial charge in [-0.3, -0.25) is 0 Å². The molecule has 5 nitrogen and oxygen atoms in total. The van der Waals surface area contributed by atoms with E-state index in [9.17, 15) is 4.79 Å². The molecule has 0 saturated carbocycles.